The van der Waals surface area contributed by atoms with E-state index in [2.05, 4.69) is 5.32 Å². The van der Waals surface area contributed by atoms with E-state index >= 15 is 0 Å². The Bertz CT molecular complexity index is 1820. The number of carbonyl (C=O) groups excluding carboxylic acids is 2. The van der Waals surface area contributed by atoms with Crippen molar-refractivity contribution >= 4 is 35.6 Å². The maximum Gasteiger partial charge on any atom is 0.351 e. The van der Waals surface area contributed by atoms with Crippen molar-refractivity contribution in [2.45, 2.75) is 55.6 Å². The van der Waals surface area contributed by atoms with Crippen LogP contribution >= 0.6 is 0 Å². The molecule has 18 nitrogen and oxygen atoms in total. The van der Waals surface area contributed by atoms with E-state index in [-0.39, 0.29) is 42.3 Å². The Morgan fingerprint density at radius 2 is 1.75 bits per heavy atom. The van der Waals surface area contributed by atoms with Crippen LogP contribution in [0.5, 0.6) is 23.0 Å². The van der Waals surface area contributed by atoms with Gasteiger partial charge in [-0.05, 0) is 47.6 Å². The number of phenols is 2. The second-order valence-electron chi connectivity index (χ2n) is 12.2. The molecule has 2 aromatic rings. The third-order valence-corrected chi connectivity index (χ3v) is 8.79. The molecule has 0 spiro atoms. The molecule has 52 heavy (non-hydrogen) atoms. The van der Waals surface area contributed by atoms with Crippen molar-refractivity contribution in [2.24, 2.45) is 0 Å². The lowest BCUT2D eigenvalue weighted by molar-refractivity contribution is -0.840. The second kappa shape index (κ2) is 15.7. The summed E-state index contributed by atoms with van der Waals surface area (Å²) >= 11 is 0. The number of carboxylic acids is 3. The molecule has 0 bridgehead atoms. The van der Waals surface area contributed by atoms with Crippen LogP contribution in [-0.2, 0) is 35.1 Å². The molecular weight excluding hydrogens is 692 g/mol. The summed E-state index contributed by atoms with van der Waals surface area (Å²) < 4.78 is 21.4. The number of rotatable bonds is 12. The van der Waals surface area contributed by atoms with Gasteiger partial charge in [0.25, 0.3) is 0 Å². The topological polar surface area (TPSA) is 286 Å². The lowest BCUT2D eigenvalue weighted by Crippen LogP contribution is -3.11. The number of carbonyl (C=O) groups is 4. The number of hydrogen-bond acceptors (Lipinski definition) is 15. The van der Waals surface area contributed by atoms with Crippen LogP contribution in [-0.4, -0.2) is 123 Å². The number of methoxy groups -OCH3 is 1. The quantitative estimate of drug-likeness (QED) is 0.0782. The minimum Gasteiger partial charge on any atom is -0.544 e. The highest BCUT2D eigenvalue weighted by atomic mass is 16.7. The molecule has 0 radical (unpaired) electrons. The number of benzene rings is 2. The van der Waals surface area contributed by atoms with E-state index in [1.165, 1.54) is 55.7 Å². The van der Waals surface area contributed by atoms with E-state index in [9.17, 15) is 60.0 Å². The second-order valence-corrected chi connectivity index (χ2v) is 12.2. The zero-order valence-corrected chi connectivity index (χ0v) is 27.4. The molecule has 0 aromatic heterocycles. The number of nitrogens with one attached hydrogen (secondary N) is 2. The van der Waals surface area contributed by atoms with Crippen LogP contribution in [0.1, 0.15) is 17.5 Å². The Kier molecular flexibility index (Phi) is 11.4. The van der Waals surface area contributed by atoms with Crippen molar-refractivity contribution in [3.05, 3.63) is 71.0 Å². The van der Waals surface area contributed by atoms with E-state index in [1.54, 1.807) is 0 Å². The Balaban J connectivity index is 1.28. The molecule has 2 aromatic carbocycles. The Hall–Kier alpha value is -5.66. The first-order chi connectivity index (χ1) is 24.7. The van der Waals surface area contributed by atoms with Crippen molar-refractivity contribution in [3.8, 4) is 23.0 Å². The molecule has 0 aliphatic carbocycles. The number of hydrogen-bond donors (Lipinski definition) is 9. The average molecular weight is 729 g/mol. The fourth-order valence-electron chi connectivity index (χ4n) is 6.05. The van der Waals surface area contributed by atoms with Gasteiger partial charge in [-0.25, -0.2) is 14.4 Å². The number of aliphatic hydroxyl groups is 3. The van der Waals surface area contributed by atoms with Gasteiger partial charge in [0.05, 0.1) is 7.11 Å². The molecule has 3 aliphatic rings. The number of carboxylic acid groups (broad SMARTS) is 3. The van der Waals surface area contributed by atoms with E-state index in [0.29, 0.717) is 27.3 Å². The summed E-state index contributed by atoms with van der Waals surface area (Å²) in [7, 11) is 1.36. The monoisotopic (exact) mass is 728 g/mol. The van der Waals surface area contributed by atoms with Gasteiger partial charge < -0.3 is 69.9 Å². The van der Waals surface area contributed by atoms with E-state index < -0.39 is 79.0 Å². The lowest BCUT2D eigenvalue weighted by Gasteiger charge is -2.39. The van der Waals surface area contributed by atoms with Gasteiger partial charge in [0.2, 0.25) is 6.29 Å². The normalized spacial score (nSPS) is 27.7. The standard InChI is InChI=1S/C34H36N2O16/c1-49-24-10-15(2-4-22(24)37)3-5-27(39)50-14-26-28(40)29(41)30(42)34(52-26)51-25-12-17-11-21(33(47)48)36(20(17)13-23(25)38)7-6-16-8-18(31(43)44)35-19(9-16)32(45)46/h2-6,8,10,12-13,19,21,26,28-30,34-35,37-38,40-42H,7,9,11,14H2,1H3,(H,43,44)(H,45,46)(H,47,48). The average Bonchev–Trinajstić information content (AvgIpc) is 3.47. The van der Waals surface area contributed by atoms with Crippen molar-refractivity contribution in [2.75, 3.05) is 20.3 Å². The van der Waals surface area contributed by atoms with Gasteiger partial charge in [-0.1, -0.05) is 6.07 Å². The predicted octanol–water partition coefficient (Wildman–Crippen LogP) is -2.92. The van der Waals surface area contributed by atoms with E-state index in [1.807, 2.05) is 0 Å². The molecule has 9 N–H and O–H groups in total. The molecular formula is C34H36N2O16. The number of aromatic hydroxyl groups is 2. The number of fused-ring (bicyclic) bond motifs is 1. The summed E-state index contributed by atoms with van der Waals surface area (Å²) in [5, 5.41) is 85.5. The van der Waals surface area contributed by atoms with Crippen LogP contribution in [0.15, 0.2) is 59.8 Å². The smallest absolute Gasteiger partial charge is 0.351 e. The van der Waals surface area contributed by atoms with Gasteiger partial charge in [0, 0.05) is 30.5 Å². The van der Waals surface area contributed by atoms with Crippen LogP contribution in [0.25, 0.3) is 6.08 Å². The van der Waals surface area contributed by atoms with Crippen LogP contribution in [0.4, 0.5) is 5.69 Å². The Morgan fingerprint density at radius 3 is 2.42 bits per heavy atom. The lowest BCUT2D eigenvalue weighted by atomic mass is 9.99. The number of allylic oxidation sites excluding steroid dienone is 1. The Labute approximate surface area is 294 Å². The molecule has 18 heteroatoms. The van der Waals surface area contributed by atoms with Gasteiger partial charge in [-0.3, -0.25) is 4.90 Å². The molecule has 5 rings (SSSR count). The number of phenolic OH excluding ortho intramolecular Hbond substituents is 2. The van der Waals surface area contributed by atoms with Gasteiger partial charge in [-0.2, -0.15) is 0 Å². The first-order valence-corrected chi connectivity index (χ1v) is 15.8. The molecule has 0 amide bonds. The highest BCUT2D eigenvalue weighted by Crippen LogP contribution is 2.36. The summed E-state index contributed by atoms with van der Waals surface area (Å²) in [6.45, 7) is -0.639. The minimum absolute atomic E-state index is 0.0520. The van der Waals surface area contributed by atoms with E-state index in [0.717, 1.165) is 6.08 Å². The predicted molar refractivity (Wildman–Crippen MR) is 171 cm³/mol. The highest BCUT2D eigenvalue weighted by molar-refractivity contribution is 5.89. The molecule has 3 heterocycles. The SMILES string of the molecule is COc1cc(C=CC(=O)OCC2OC(Oc3cc4c(cc3O)[NH+](CC=C3C=C(C(=O)O)NC(C(=O)O)C3)C(C(=O)[O-])C4)C(O)C(O)C2O)ccc1O. The third kappa shape index (κ3) is 8.27. The Morgan fingerprint density at radius 1 is 1.00 bits per heavy atom. The minimum atomic E-state index is -1.84. The summed E-state index contributed by atoms with van der Waals surface area (Å²) in [6, 6.07) is 4.50. The number of aliphatic carboxylic acids is 3. The zero-order chi connectivity index (χ0) is 37.9. The number of quaternary nitrogens is 1. The molecule has 3 aliphatic heterocycles. The first kappa shape index (κ1) is 37.6. The van der Waals surface area contributed by atoms with Crippen LogP contribution in [0, 0.1) is 0 Å². The fraction of sp³-hybridized carbons (Fsp3) is 0.353. The fourth-order valence-corrected chi connectivity index (χ4v) is 6.05. The molecule has 0 saturated carbocycles. The summed E-state index contributed by atoms with van der Waals surface area (Å²) in [5.74, 6) is -5.65. The molecule has 278 valence electrons. The van der Waals surface area contributed by atoms with Crippen molar-refractivity contribution in [1.29, 1.82) is 0 Å². The van der Waals surface area contributed by atoms with Gasteiger partial charge in [0.1, 0.15) is 67.0 Å². The summed E-state index contributed by atoms with van der Waals surface area (Å²) in [4.78, 5) is 47.9. The zero-order valence-electron chi connectivity index (χ0n) is 27.4. The van der Waals surface area contributed by atoms with Gasteiger partial charge in [-0.15, -0.1) is 0 Å². The number of esters is 1. The van der Waals surface area contributed by atoms with E-state index in [4.69, 9.17) is 18.9 Å². The van der Waals surface area contributed by atoms with Crippen molar-refractivity contribution < 1.29 is 83.9 Å². The van der Waals surface area contributed by atoms with Crippen molar-refractivity contribution in [3.63, 3.8) is 0 Å². The van der Waals surface area contributed by atoms with Crippen LogP contribution in [0.3, 0.4) is 0 Å². The van der Waals surface area contributed by atoms with Gasteiger partial charge >= 0.3 is 17.9 Å². The largest absolute Gasteiger partial charge is 0.544 e. The molecule has 1 saturated heterocycles. The summed E-state index contributed by atoms with van der Waals surface area (Å²) in [6.07, 6.45) is -3.46. The summed E-state index contributed by atoms with van der Waals surface area (Å²) in [5.41, 5.74) is 1.21. The number of ether oxygens (including phenoxy) is 4. The maximum atomic E-state index is 12.4. The van der Waals surface area contributed by atoms with Crippen molar-refractivity contribution in [1.82, 2.24) is 5.32 Å². The van der Waals surface area contributed by atoms with Crippen LogP contribution < -0.4 is 24.8 Å². The highest BCUT2D eigenvalue weighted by Gasteiger charge is 2.46. The third-order valence-electron chi connectivity index (χ3n) is 8.79. The molecule has 8 unspecified atom stereocenters. The molecule has 1 fully saturated rings. The first-order valence-electron chi connectivity index (χ1n) is 15.8. The number of aliphatic hydroxyl groups excluding tert-OH is 3. The van der Waals surface area contributed by atoms with Gasteiger partial charge in [0.15, 0.2) is 23.0 Å². The molecule has 8 atom stereocenters. The van der Waals surface area contributed by atoms with Crippen LogP contribution in [0.2, 0.25) is 0 Å². The maximum absolute atomic E-state index is 12.4.